The van der Waals surface area contributed by atoms with Crippen molar-refractivity contribution < 1.29 is 0 Å². The van der Waals surface area contributed by atoms with Crippen LogP contribution >= 0.6 is 43.2 Å². The van der Waals surface area contributed by atoms with Crippen molar-refractivity contribution in [3.63, 3.8) is 0 Å². The minimum Gasteiger partial charge on any atom is -0.132 e. The highest BCUT2D eigenvalue weighted by molar-refractivity contribution is 9.11. The maximum Gasteiger partial charge on any atom is 0.0701 e. The van der Waals surface area contributed by atoms with E-state index in [0.29, 0.717) is 4.83 Å². The molecule has 0 N–H and O–H groups in total. The molecule has 4 rings (SSSR count). The van der Waals surface area contributed by atoms with Gasteiger partial charge in [-0.15, -0.1) is 11.3 Å². The van der Waals surface area contributed by atoms with Gasteiger partial charge in [0, 0.05) is 4.88 Å². The molecule has 0 bridgehead atoms. The molecule has 98 valence electrons. The molecule has 3 heteroatoms. The first kappa shape index (κ1) is 12.6. The van der Waals surface area contributed by atoms with Crippen LogP contribution in [0.15, 0.2) is 40.2 Å². The fraction of sp³-hybridized carbons (Fsp3) is 0.375. The number of aryl methyl sites for hydroxylation is 1. The number of hydrogen-bond acceptors (Lipinski definition) is 1. The Hall–Kier alpha value is -0.120. The van der Waals surface area contributed by atoms with Crippen molar-refractivity contribution in [2.45, 2.75) is 23.6 Å². The highest BCUT2D eigenvalue weighted by Gasteiger charge is 2.56. The first-order chi connectivity index (χ1) is 9.25. The molecule has 1 aromatic heterocycles. The Kier molecular flexibility index (Phi) is 3.13. The van der Waals surface area contributed by atoms with Crippen LogP contribution in [0.1, 0.15) is 33.2 Å². The average molecular weight is 398 g/mol. The summed E-state index contributed by atoms with van der Waals surface area (Å²) < 4.78 is 1.23. The number of halogens is 2. The topological polar surface area (TPSA) is 0 Å². The van der Waals surface area contributed by atoms with Crippen LogP contribution in [0.5, 0.6) is 0 Å². The zero-order valence-corrected chi connectivity index (χ0v) is 14.3. The largest absolute Gasteiger partial charge is 0.132 e. The third kappa shape index (κ3) is 2.05. The van der Waals surface area contributed by atoms with Gasteiger partial charge in [-0.1, -0.05) is 40.2 Å². The number of hydrogen-bond donors (Lipinski definition) is 0. The van der Waals surface area contributed by atoms with Crippen molar-refractivity contribution in [3.05, 3.63) is 56.2 Å². The van der Waals surface area contributed by atoms with Crippen molar-refractivity contribution in [2.75, 3.05) is 0 Å². The second kappa shape index (κ2) is 4.71. The molecule has 1 aromatic carbocycles. The molecule has 19 heavy (non-hydrogen) atoms. The van der Waals surface area contributed by atoms with Gasteiger partial charge in [-0.25, -0.2) is 0 Å². The lowest BCUT2D eigenvalue weighted by Crippen LogP contribution is -2.00. The molecular weight excluding hydrogens is 384 g/mol. The van der Waals surface area contributed by atoms with E-state index in [1.54, 1.807) is 11.1 Å². The monoisotopic (exact) mass is 396 g/mol. The van der Waals surface area contributed by atoms with Gasteiger partial charge < -0.3 is 0 Å². The lowest BCUT2D eigenvalue weighted by Gasteiger charge is -2.13. The molecule has 2 aliphatic carbocycles. The Morgan fingerprint density at radius 3 is 2.79 bits per heavy atom. The van der Waals surface area contributed by atoms with Crippen LogP contribution in [0.2, 0.25) is 0 Å². The van der Waals surface area contributed by atoms with Crippen LogP contribution in [0.3, 0.4) is 0 Å². The van der Waals surface area contributed by atoms with E-state index in [1.807, 2.05) is 11.3 Å². The van der Waals surface area contributed by atoms with Crippen LogP contribution in [-0.2, 0) is 6.42 Å². The third-order valence-corrected chi connectivity index (χ3v) is 7.71. The molecule has 0 spiro atoms. The summed E-state index contributed by atoms with van der Waals surface area (Å²) in [7, 11) is 0. The van der Waals surface area contributed by atoms with Crippen molar-refractivity contribution in [2.24, 2.45) is 11.8 Å². The summed E-state index contributed by atoms with van der Waals surface area (Å²) in [5, 5.41) is 0. The summed E-state index contributed by atoms with van der Waals surface area (Å²) in [6.45, 7) is 0. The van der Waals surface area contributed by atoms with Crippen molar-refractivity contribution in [1.82, 2.24) is 0 Å². The van der Waals surface area contributed by atoms with Gasteiger partial charge in [-0.3, -0.25) is 0 Å². The van der Waals surface area contributed by atoms with E-state index in [4.69, 9.17) is 0 Å². The van der Waals surface area contributed by atoms with Crippen molar-refractivity contribution >= 4 is 43.2 Å². The molecular formula is C16H14Br2S. The van der Waals surface area contributed by atoms with Gasteiger partial charge in [0.2, 0.25) is 0 Å². The van der Waals surface area contributed by atoms with E-state index in [2.05, 4.69) is 68.3 Å². The summed E-state index contributed by atoms with van der Waals surface area (Å²) in [5.74, 6) is 2.46. The number of thiophene rings is 1. The predicted molar refractivity (Wildman–Crippen MR) is 88.2 cm³/mol. The fourth-order valence-electron chi connectivity index (χ4n) is 3.68. The summed E-state index contributed by atoms with van der Waals surface area (Å²) in [6, 6.07) is 13.4. The number of rotatable bonds is 2. The first-order valence-corrected chi connectivity index (χ1v) is 9.25. The molecule has 4 atom stereocenters. The van der Waals surface area contributed by atoms with Gasteiger partial charge >= 0.3 is 0 Å². The van der Waals surface area contributed by atoms with Crippen LogP contribution in [-0.4, -0.2) is 0 Å². The standard InChI is InChI=1S/C16H14Br2S/c17-13-8-7-12(19-13)16(18)15-11-6-5-9-3-1-2-4-10(9)14(11)15/h1-4,7-8,11,14-16H,5-6H2. The molecule has 0 nitrogen and oxygen atoms in total. The summed E-state index contributed by atoms with van der Waals surface area (Å²) in [6.07, 6.45) is 2.63. The molecule has 0 aliphatic heterocycles. The predicted octanol–water partition coefficient (Wildman–Crippen LogP) is 5.92. The van der Waals surface area contributed by atoms with E-state index in [0.717, 1.165) is 17.8 Å². The van der Waals surface area contributed by atoms with Gasteiger partial charge in [0.25, 0.3) is 0 Å². The molecule has 4 unspecified atom stereocenters. The molecule has 1 saturated carbocycles. The molecule has 1 fully saturated rings. The number of fused-ring (bicyclic) bond motifs is 3. The quantitative estimate of drug-likeness (QED) is 0.551. The third-order valence-electron chi connectivity index (χ3n) is 4.59. The average Bonchev–Trinajstić information content (AvgIpc) is 3.03. The van der Waals surface area contributed by atoms with E-state index in [1.165, 1.54) is 21.5 Å². The maximum atomic E-state index is 3.96. The zero-order chi connectivity index (χ0) is 13.0. The first-order valence-electron chi connectivity index (χ1n) is 6.73. The molecule has 0 amide bonds. The molecule has 2 aliphatic rings. The second-order valence-corrected chi connectivity index (χ2v) is 9.03. The SMILES string of the molecule is Brc1ccc(C(Br)C2C3CCc4ccccc4C32)s1. The highest BCUT2D eigenvalue weighted by Crippen LogP contribution is 2.66. The second-order valence-electron chi connectivity index (χ2n) is 5.55. The minimum atomic E-state index is 0.518. The Labute approximate surface area is 134 Å². The zero-order valence-electron chi connectivity index (χ0n) is 10.4. The van der Waals surface area contributed by atoms with Crippen LogP contribution in [0, 0.1) is 11.8 Å². The van der Waals surface area contributed by atoms with Gasteiger partial charge in [0.1, 0.15) is 0 Å². The lowest BCUT2D eigenvalue weighted by atomic mass is 9.92. The van der Waals surface area contributed by atoms with Crippen LogP contribution in [0.25, 0.3) is 0 Å². The van der Waals surface area contributed by atoms with E-state index in [-0.39, 0.29) is 0 Å². The maximum absolute atomic E-state index is 3.96. The summed E-state index contributed by atoms with van der Waals surface area (Å²) in [5.41, 5.74) is 3.20. The fourth-order valence-corrected chi connectivity index (χ4v) is 6.30. The highest BCUT2D eigenvalue weighted by atomic mass is 79.9. The number of benzene rings is 1. The van der Waals surface area contributed by atoms with E-state index in [9.17, 15) is 0 Å². The van der Waals surface area contributed by atoms with Crippen LogP contribution < -0.4 is 0 Å². The smallest absolute Gasteiger partial charge is 0.0701 e. The van der Waals surface area contributed by atoms with Gasteiger partial charge in [0.05, 0.1) is 8.61 Å². The minimum absolute atomic E-state index is 0.518. The summed E-state index contributed by atoms with van der Waals surface area (Å²) >= 11 is 9.39. The lowest BCUT2D eigenvalue weighted by molar-refractivity contribution is 0.629. The molecule has 0 radical (unpaired) electrons. The molecule has 2 aromatic rings. The van der Waals surface area contributed by atoms with Crippen LogP contribution in [0.4, 0.5) is 0 Å². The Morgan fingerprint density at radius 1 is 1.16 bits per heavy atom. The Morgan fingerprint density at radius 2 is 2.00 bits per heavy atom. The number of alkyl halides is 1. The Bertz CT molecular complexity index is 619. The summed E-state index contributed by atoms with van der Waals surface area (Å²) in [4.78, 5) is 1.98. The molecule has 0 saturated heterocycles. The van der Waals surface area contributed by atoms with E-state index >= 15 is 0 Å². The van der Waals surface area contributed by atoms with E-state index < -0.39 is 0 Å². The van der Waals surface area contributed by atoms with Crippen molar-refractivity contribution in [1.29, 1.82) is 0 Å². The molecule has 1 heterocycles. The van der Waals surface area contributed by atoms with Gasteiger partial charge in [-0.05, 0) is 69.8 Å². The Balaban J connectivity index is 1.63. The van der Waals surface area contributed by atoms with Gasteiger partial charge in [0.15, 0.2) is 0 Å². The normalized spacial score (nSPS) is 29.5. The van der Waals surface area contributed by atoms with Gasteiger partial charge in [-0.2, -0.15) is 0 Å². The van der Waals surface area contributed by atoms with Crippen molar-refractivity contribution in [3.8, 4) is 0 Å².